The van der Waals surface area contributed by atoms with Gasteiger partial charge in [-0.3, -0.25) is 9.48 Å². The minimum Gasteiger partial charge on any atom is -0.370 e. The molecule has 4 N–H and O–H groups in total. The molecule has 66 valence electrons. The Morgan fingerprint density at radius 2 is 2.42 bits per heavy atom. The Kier molecular flexibility index (Phi) is 2.76. The van der Waals surface area contributed by atoms with E-state index in [4.69, 9.17) is 11.5 Å². The van der Waals surface area contributed by atoms with E-state index in [-0.39, 0.29) is 12.3 Å². The van der Waals surface area contributed by atoms with Gasteiger partial charge in [0.2, 0.25) is 5.91 Å². The lowest BCUT2D eigenvalue weighted by atomic mass is 10.4. The third-order valence-corrected chi connectivity index (χ3v) is 1.38. The van der Waals surface area contributed by atoms with Gasteiger partial charge in [0.15, 0.2) is 0 Å². The van der Waals surface area contributed by atoms with Crippen LogP contribution in [0.1, 0.15) is 12.1 Å². The summed E-state index contributed by atoms with van der Waals surface area (Å²) in [5, 5.41) is 7.49. The van der Waals surface area contributed by atoms with Crippen molar-refractivity contribution in [3.63, 3.8) is 0 Å². The quantitative estimate of drug-likeness (QED) is 0.579. The van der Waals surface area contributed by atoms with Gasteiger partial charge in [-0.15, -0.1) is 5.10 Å². The zero-order valence-corrected chi connectivity index (χ0v) is 6.60. The molecular weight excluding hydrogens is 158 g/mol. The summed E-state index contributed by atoms with van der Waals surface area (Å²) >= 11 is 0. The molecule has 1 amide bonds. The van der Waals surface area contributed by atoms with Gasteiger partial charge in [0.05, 0.1) is 12.2 Å². The van der Waals surface area contributed by atoms with Crippen LogP contribution in [0, 0.1) is 0 Å². The lowest BCUT2D eigenvalue weighted by Gasteiger charge is -1.94. The first-order chi connectivity index (χ1) is 5.72. The Morgan fingerprint density at radius 3 is 2.92 bits per heavy atom. The fraction of sp³-hybridized carbons (Fsp3) is 0.500. The maximum atomic E-state index is 10.4. The molecule has 6 heteroatoms. The second-order valence-electron chi connectivity index (χ2n) is 2.39. The predicted molar refractivity (Wildman–Crippen MR) is 41.7 cm³/mol. The van der Waals surface area contributed by atoms with Gasteiger partial charge in [-0.05, 0) is 0 Å². The molecule has 0 aromatic carbocycles. The molecule has 0 aliphatic rings. The molecule has 1 aromatic rings. The van der Waals surface area contributed by atoms with E-state index < -0.39 is 0 Å². The monoisotopic (exact) mass is 169 g/mol. The highest BCUT2D eigenvalue weighted by Gasteiger charge is 1.99. The molecule has 0 aliphatic heterocycles. The molecule has 6 nitrogen and oxygen atoms in total. The number of hydrogen-bond donors (Lipinski definition) is 2. The lowest BCUT2D eigenvalue weighted by molar-refractivity contribution is -0.118. The van der Waals surface area contributed by atoms with Crippen LogP contribution in [0.4, 0.5) is 0 Å². The number of carbonyl (C=O) groups is 1. The highest BCUT2D eigenvalue weighted by atomic mass is 16.1. The van der Waals surface area contributed by atoms with Gasteiger partial charge in [0.25, 0.3) is 0 Å². The number of aryl methyl sites for hydroxylation is 1. The van der Waals surface area contributed by atoms with Crippen molar-refractivity contribution >= 4 is 5.91 Å². The van der Waals surface area contributed by atoms with Crippen molar-refractivity contribution in [1.82, 2.24) is 15.0 Å². The molecule has 1 rings (SSSR count). The maximum absolute atomic E-state index is 10.4. The number of rotatable bonds is 4. The highest BCUT2D eigenvalue weighted by Crippen LogP contribution is 1.92. The number of primary amides is 1. The van der Waals surface area contributed by atoms with E-state index in [1.807, 2.05) is 0 Å². The molecule has 0 fully saturated rings. The number of aromatic nitrogens is 3. The number of nitrogens with two attached hydrogens (primary N) is 2. The van der Waals surface area contributed by atoms with Gasteiger partial charge < -0.3 is 11.5 Å². The normalized spacial score (nSPS) is 10.1. The second-order valence-corrected chi connectivity index (χ2v) is 2.39. The Labute approximate surface area is 69.5 Å². The van der Waals surface area contributed by atoms with Crippen LogP contribution in [0.5, 0.6) is 0 Å². The summed E-state index contributed by atoms with van der Waals surface area (Å²) in [6, 6.07) is 0. The zero-order chi connectivity index (χ0) is 8.97. The van der Waals surface area contributed by atoms with E-state index in [0.717, 1.165) is 0 Å². The van der Waals surface area contributed by atoms with Crippen molar-refractivity contribution in [1.29, 1.82) is 0 Å². The first-order valence-corrected chi connectivity index (χ1v) is 3.59. The summed E-state index contributed by atoms with van der Waals surface area (Å²) in [6.07, 6.45) is 1.97. The average molecular weight is 169 g/mol. The third kappa shape index (κ3) is 2.31. The Balaban J connectivity index is 2.47. The fourth-order valence-electron chi connectivity index (χ4n) is 0.766. The van der Waals surface area contributed by atoms with Crippen LogP contribution in [0.2, 0.25) is 0 Å². The second kappa shape index (κ2) is 3.82. The summed E-state index contributed by atoms with van der Waals surface area (Å²) in [5.41, 5.74) is 11.0. The van der Waals surface area contributed by atoms with Crippen molar-refractivity contribution in [2.45, 2.75) is 19.5 Å². The van der Waals surface area contributed by atoms with Crippen LogP contribution in [0.3, 0.4) is 0 Å². The zero-order valence-electron chi connectivity index (χ0n) is 6.60. The van der Waals surface area contributed by atoms with E-state index >= 15 is 0 Å². The van der Waals surface area contributed by atoms with Gasteiger partial charge in [-0.2, -0.15) is 0 Å². The van der Waals surface area contributed by atoms with Crippen LogP contribution < -0.4 is 11.5 Å². The number of nitrogens with zero attached hydrogens (tertiary/aromatic N) is 3. The first kappa shape index (κ1) is 8.66. The molecule has 0 unspecified atom stereocenters. The molecule has 0 saturated carbocycles. The van der Waals surface area contributed by atoms with E-state index in [1.54, 1.807) is 10.9 Å². The van der Waals surface area contributed by atoms with Crippen molar-refractivity contribution < 1.29 is 4.79 Å². The maximum Gasteiger partial charge on any atom is 0.219 e. The molecule has 1 aromatic heterocycles. The molecule has 1 heterocycles. The van der Waals surface area contributed by atoms with Crippen LogP contribution in [-0.4, -0.2) is 20.9 Å². The highest BCUT2D eigenvalue weighted by molar-refractivity contribution is 5.73. The Morgan fingerprint density at radius 1 is 1.67 bits per heavy atom. The van der Waals surface area contributed by atoms with Gasteiger partial charge in [-0.25, -0.2) is 0 Å². The minimum atomic E-state index is -0.347. The summed E-state index contributed by atoms with van der Waals surface area (Å²) in [6.45, 7) is 0.818. The van der Waals surface area contributed by atoms with Crippen LogP contribution in [-0.2, 0) is 17.9 Å². The average Bonchev–Trinajstić information content (AvgIpc) is 2.48. The lowest BCUT2D eigenvalue weighted by Crippen LogP contribution is -2.14. The van der Waals surface area contributed by atoms with Gasteiger partial charge in [-0.1, -0.05) is 5.21 Å². The van der Waals surface area contributed by atoms with E-state index in [1.165, 1.54) is 0 Å². The van der Waals surface area contributed by atoms with E-state index in [9.17, 15) is 4.79 Å². The Hall–Kier alpha value is -1.43. The van der Waals surface area contributed by atoms with Crippen molar-refractivity contribution in [3.05, 3.63) is 11.9 Å². The van der Waals surface area contributed by atoms with Crippen molar-refractivity contribution in [2.75, 3.05) is 0 Å². The van der Waals surface area contributed by atoms with E-state index in [2.05, 4.69) is 10.3 Å². The largest absolute Gasteiger partial charge is 0.370 e. The van der Waals surface area contributed by atoms with Crippen molar-refractivity contribution in [3.8, 4) is 0 Å². The number of carbonyl (C=O) groups excluding carboxylic acids is 1. The molecular formula is C6H11N5O. The van der Waals surface area contributed by atoms with E-state index in [0.29, 0.717) is 18.8 Å². The molecule has 0 spiro atoms. The van der Waals surface area contributed by atoms with Gasteiger partial charge in [0.1, 0.15) is 0 Å². The third-order valence-electron chi connectivity index (χ3n) is 1.38. The molecule has 0 radical (unpaired) electrons. The topological polar surface area (TPSA) is 99.8 Å². The Bertz CT molecular complexity index is 269. The standard InChI is InChI=1S/C6H11N5O/c7-3-5-4-11(10-9-5)2-1-6(8)12/h4H,1-3,7H2,(H2,8,12). The summed E-state index contributed by atoms with van der Waals surface area (Å²) in [5.74, 6) is -0.347. The fourth-order valence-corrected chi connectivity index (χ4v) is 0.766. The predicted octanol–water partition coefficient (Wildman–Crippen LogP) is -1.39. The summed E-state index contributed by atoms with van der Waals surface area (Å²) < 4.78 is 1.55. The molecule has 0 saturated heterocycles. The summed E-state index contributed by atoms with van der Waals surface area (Å²) in [4.78, 5) is 10.4. The van der Waals surface area contributed by atoms with Crippen LogP contribution in [0.25, 0.3) is 0 Å². The number of hydrogen-bond acceptors (Lipinski definition) is 4. The van der Waals surface area contributed by atoms with Crippen LogP contribution in [0.15, 0.2) is 6.20 Å². The van der Waals surface area contributed by atoms with Crippen molar-refractivity contribution in [2.24, 2.45) is 11.5 Å². The molecule has 0 aliphatic carbocycles. The summed E-state index contributed by atoms with van der Waals surface area (Å²) in [7, 11) is 0. The van der Waals surface area contributed by atoms with Gasteiger partial charge >= 0.3 is 0 Å². The van der Waals surface area contributed by atoms with Gasteiger partial charge in [0, 0.05) is 19.2 Å². The molecule has 12 heavy (non-hydrogen) atoms. The molecule has 0 atom stereocenters. The first-order valence-electron chi connectivity index (χ1n) is 3.59. The van der Waals surface area contributed by atoms with Crippen LogP contribution >= 0.6 is 0 Å². The molecule has 0 bridgehead atoms. The SMILES string of the molecule is NCc1cn(CCC(N)=O)nn1. The minimum absolute atomic E-state index is 0.271. The number of amides is 1. The smallest absolute Gasteiger partial charge is 0.219 e.